The first kappa shape index (κ1) is 15.5. The Kier molecular flexibility index (Phi) is 4.57. The molecule has 5 nitrogen and oxygen atoms in total. The second-order valence-electron chi connectivity index (χ2n) is 6.06. The molecule has 1 aliphatic rings. The fourth-order valence-corrected chi connectivity index (χ4v) is 2.97. The molecule has 3 rings (SSSR count). The molecule has 1 aliphatic heterocycles. The van der Waals surface area contributed by atoms with Gasteiger partial charge in [0.15, 0.2) is 0 Å². The van der Waals surface area contributed by atoms with E-state index < -0.39 is 0 Å². The fraction of sp³-hybridized carbons (Fsp3) is 0.333. The normalized spacial score (nSPS) is 21.7. The summed E-state index contributed by atoms with van der Waals surface area (Å²) in [6, 6.07) is 8.43. The Morgan fingerprint density at radius 1 is 1.35 bits per heavy atom. The van der Waals surface area contributed by atoms with Gasteiger partial charge < -0.3 is 15.2 Å². The summed E-state index contributed by atoms with van der Waals surface area (Å²) in [5.41, 5.74) is 7.99. The molecule has 2 atom stereocenters. The number of nitrogens with zero attached hydrogens (tertiary/aromatic N) is 3. The van der Waals surface area contributed by atoms with E-state index in [1.807, 2.05) is 46.0 Å². The zero-order valence-corrected chi connectivity index (χ0v) is 13.3. The minimum Gasteiger partial charge on any atom is -0.336 e. The van der Waals surface area contributed by atoms with Gasteiger partial charge in [-0.25, -0.2) is 4.98 Å². The number of rotatable bonds is 3. The monoisotopic (exact) mass is 310 g/mol. The van der Waals surface area contributed by atoms with Crippen molar-refractivity contribution in [1.82, 2.24) is 14.5 Å². The Morgan fingerprint density at radius 3 is 2.78 bits per heavy atom. The van der Waals surface area contributed by atoms with Gasteiger partial charge in [-0.2, -0.15) is 0 Å². The Hall–Kier alpha value is -2.40. The second kappa shape index (κ2) is 6.79. The van der Waals surface area contributed by atoms with Crippen LogP contribution in [0.5, 0.6) is 0 Å². The first-order valence-corrected chi connectivity index (χ1v) is 7.96. The van der Waals surface area contributed by atoms with Crippen LogP contribution in [0.15, 0.2) is 49.1 Å². The summed E-state index contributed by atoms with van der Waals surface area (Å²) in [5, 5.41) is 0. The van der Waals surface area contributed by atoms with Crippen LogP contribution in [0.4, 0.5) is 0 Å². The molecule has 0 aliphatic carbocycles. The van der Waals surface area contributed by atoms with E-state index in [4.69, 9.17) is 5.73 Å². The van der Waals surface area contributed by atoms with Gasteiger partial charge in [-0.15, -0.1) is 0 Å². The van der Waals surface area contributed by atoms with Gasteiger partial charge in [-0.1, -0.05) is 12.1 Å². The Labute approximate surface area is 136 Å². The van der Waals surface area contributed by atoms with Crippen molar-refractivity contribution in [2.75, 3.05) is 6.54 Å². The van der Waals surface area contributed by atoms with E-state index in [1.54, 1.807) is 18.6 Å². The number of carbonyl (C=O) groups is 1. The molecule has 1 saturated heterocycles. The largest absolute Gasteiger partial charge is 0.336 e. The van der Waals surface area contributed by atoms with Crippen molar-refractivity contribution in [3.8, 4) is 5.69 Å². The molecule has 120 valence electrons. The lowest BCUT2D eigenvalue weighted by molar-refractivity contribution is -0.129. The van der Waals surface area contributed by atoms with Crippen LogP contribution in [-0.4, -0.2) is 39.0 Å². The van der Waals surface area contributed by atoms with Crippen molar-refractivity contribution in [2.24, 2.45) is 5.73 Å². The number of carbonyl (C=O) groups excluding carboxylic acids is 1. The average Bonchev–Trinajstić information content (AvgIpc) is 3.07. The maximum atomic E-state index is 12.3. The first-order chi connectivity index (χ1) is 11.1. The van der Waals surface area contributed by atoms with E-state index in [1.165, 1.54) is 0 Å². The first-order valence-electron chi connectivity index (χ1n) is 7.96. The summed E-state index contributed by atoms with van der Waals surface area (Å²) < 4.78 is 1.94. The summed E-state index contributed by atoms with van der Waals surface area (Å²) in [6.45, 7) is 2.80. The predicted molar refractivity (Wildman–Crippen MR) is 91.0 cm³/mol. The zero-order valence-electron chi connectivity index (χ0n) is 13.3. The van der Waals surface area contributed by atoms with E-state index in [2.05, 4.69) is 11.9 Å². The van der Waals surface area contributed by atoms with Crippen molar-refractivity contribution >= 4 is 12.0 Å². The summed E-state index contributed by atoms with van der Waals surface area (Å²) in [5.74, 6) is 0.0584. The quantitative estimate of drug-likeness (QED) is 0.884. The summed E-state index contributed by atoms with van der Waals surface area (Å²) in [7, 11) is 0. The highest BCUT2D eigenvalue weighted by Crippen LogP contribution is 2.17. The Bertz CT molecular complexity index is 676. The summed E-state index contributed by atoms with van der Waals surface area (Å²) >= 11 is 0. The number of amides is 1. The molecule has 5 heteroatoms. The van der Waals surface area contributed by atoms with Crippen LogP contribution < -0.4 is 5.73 Å². The molecule has 0 bridgehead atoms. The van der Waals surface area contributed by atoms with Crippen molar-refractivity contribution in [3.05, 3.63) is 54.6 Å². The lowest BCUT2D eigenvalue weighted by atomic mass is 9.99. The SMILES string of the molecule is CC1CC(N)CCN1C(=O)C=Cc1ccc(-n2ccnc2)cc1. The van der Waals surface area contributed by atoms with Crippen LogP contribution >= 0.6 is 0 Å². The third-order valence-electron chi connectivity index (χ3n) is 4.31. The van der Waals surface area contributed by atoms with Crippen LogP contribution in [0.2, 0.25) is 0 Å². The van der Waals surface area contributed by atoms with Gasteiger partial charge in [0.25, 0.3) is 0 Å². The van der Waals surface area contributed by atoms with Crippen LogP contribution in [0.1, 0.15) is 25.3 Å². The van der Waals surface area contributed by atoms with Crippen molar-refractivity contribution in [1.29, 1.82) is 0 Å². The molecule has 2 N–H and O–H groups in total. The molecule has 0 spiro atoms. The van der Waals surface area contributed by atoms with Crippen LogP contribution in [-0.2, 0) is 4.79 Å². The van der Waals surface area contributed by atoms with E-state index >= 15 is 0 Å². The Balaban J connectivity index is 1.64. The molecule has 1 amide bonds. The van der Waals surface area contributed by atoms with Gasteiger partial charge in [0.1, 0.15) is 0 Å². The number of hydrogen-bond donors (Lipinski definition) is 1. The molecule has 2 heterocycles. The third kappa shape index (κ3) is 3.68. The lowest BCUT2D eigenvalue weighted by Gasteiger charge is -2.35. The number of nitrogens with two attached hydrogens (primary N) is 1. The molecular formula is C18H22N4O. The smallest absolute Gasteiger partial charge is 0.246 e. The minimum absolute atomic E-state index is 0.0584. The molecule has 2 unspecified atom stereocenters. The number of aromatic nitrogens is 2. The molecule has 23 heavy (non-hydrogen) atoms. The van der Waals surface area contributed by atoms with Crippen LogP contribution in [0.3, 0.4) is 0 Å². The maximum Gasteiger partial charge on any atom is 0.246 e. The van der Waals surface area contributed by atoms with Crippen molar-refractivity contribution < 1.29 is 4.79 Å². The van der Waals surface area contributed by atoms with E-state index in [-0.39, 0.29) is 18.0 Å². The molecule has 1 fully saturated rings. The summed E-state index contributed by atoms with van der Waals surface area (Å²) in [6.07, 6.45) is 10.7. The van der Waals surface area contributed by atoms with Gasteiger partial charge in [0.05, 0.1) is 6.33 Å². The minimum atomic E-state index is 0.0584. The topological polar surface area (TPSA) is 64.2 Å². The van der Waals surface area contributed by atoms with Crippen LogP contribution in [0.25, 0.3) is 11.8 Å². The van der Waals surface area contributed by atoms with Gasteiger partial charge >= 0.3 is 0 Å². The fourth-order valence-electron chi connectivity index (χ4n) is 2.97. The lowest BCUT2D eigenvalue weighted by Crippen LogP contribution is -2.47. The van der Waals surface area contributed by atoms with Crippen LogP contribution in [0, 0.1) is 0 Å². The highest BCUT2D eigenvalue weighted by molar-refractivity contribution is 5.92. The van der Waals surface area contributed by atoms with E-state index in [0.717, 1.165) is 30.6 Å². The van der Waals surface area contributed by atoms with Crippen molar-refractivity contribution in [3.63, 3.8) is 0 Å². The molecule has 1 aromatic heterocycles. The van der Waals surface area contributed by atoms with Gasteiger partial charge in [0.2, 0.25) is 5.91 Å². The summed E-state index contributed by atoms with van der Waals surface area (Å²) in [4.78, 5) is 18.3. The van der Waals surface area contributed by atoms with E-state index in [0.29, 0.717) is 0 Å². The van der Waals surface area contributed by atoms with Crippen molar-refractivity contribution in [2.45, 2.75) is 31.8 Å². The molecular weight excluding hydrogens is 288 g/mol. The maximum absolute atomic E-state index is 12.3. The standard InChI is InChI=1S/C18H22N4O/c1-14-12-16(19)8-10-22(14)18(23)7-4-15-2-5-17(6-3-15)21-11-9-20-13-21/h2-7,9,11,13-14,16H,8,10,12,19H2,1H3. The number of likely N-dealkylation sites (tertiary alicyclic amines) is 1. The van der Waals surface area contributed by atoms with Gasteiger partial charge in [-0.05, 0) is 43.5 Å². The molecule has 0 radical (unpaired) electrons. The molecule has 0 saturated carbocycles. The number of benzene rings is 1. The van der Waals surface area contributed by atoms with Gasteiger partial charge in [0, 0.05) is 42.8 Å². The zero-order chi connectivity index (χ0) is 16.2. The predicted octanol–water partition coefficient (Wildman–Crippen LogP) is 2.22. The van der Waals surface area contributed by atoms with Gasteiger partial charge in [-0.3, -0.25) is 4.79 Å². The number of imidazole rings is 1. The highest BCUT2D eigenvalue weighted by Gasteiger charge is 2.25. The second-order valence-corrected chi connectivity index (χ2v) is 6.06. The average molecular weight is 310 g/mol. The third-order valence-corrected chi connectivity index (χ3v) is 4.31. The molecule has 1 aromatic carbocycles. The number of hydrogen-bond acceptors (Lipinski definition) is 3. The van der Waals surface area contributed by atoms with E-state index in [9.17, 15) is 4.79 Å². The Morgan fingerprint density at radius 2 is 2.13 bits per heavy atom. The molecule has 2 aromatic rings. The number of piperidine rings is 1. The highest BCUT2D eigenvalue weighted by atomic mass is 16.2.